The maximum absolute atomic E-state index is 12.9. The van der Waals surface area contributed by atoms with Crippen LogP contribution in [0.4, 0.5) is 0 Å². The van der Waals surface area contributed by atoms with Crippen LogP contribution in [0.15, 0.2) is 63.2 Å². The molecule has 1 aliphatic heterocycles. The molecular weight excluding hydrogens is 382 g/mol. The van der Waals surface area contributed by atoms with Crippen LogP contribution < -0.4 is 5.32 Å². The van der Waals surface area contributed by atoms with E-state index in [2.05, 4.69) is 26.1 Å². The van der Waals surface area contributed by atoms with Gasteiger partial charge < -0.3 is 5.32 Å². The van der Waals surface area contributed by atoms with Gasteiger partial charge in [0.25, 0.3) is 5.91 Å². The van der Waals surface area contributed by atoms with Crippen molar-refractivity contribution < 1.29 is 9.00 Å². The number of hydrogen-bond donors (Lipinski definition) is 1. The molecule has 2 aromatic rings. The van der Waals surface area contributed by atoms with Crippen LogP contribution in [0.3, 0.4) is 0 Å². The summed E-state index contributed by atoms with van der Waals surface area (Å²) in [6.07, 6.45) is 1.77. The van der Waals surface area contributed by atoms with Crippen molar-refractivity contribution in [1.29, 1.82) is 0 Å². The maximum Gasteiger partial charge on any atom is 0.263 e. The number of hydrogen-bond acceptors (Lipinski definition) is 4. The smallest absolute Gasteiger partial charge is 0.263 e. The molecule has 1 atom stereocenters. The summed E-state index contributed by atoms with van der Waals surface area (Å²) in [5.41, 5.74) is 2.09. The Morgan fingerprint density at radius 2 is 1.77 bits per heavy atom. The number of rotatable bonds is 3. The van der Waals surface area contributed by atoms with Crippen LogP contribution in [0.25, 0.3) is 6.08 Å². The minimum atomic E-state index is -1.27. The molecule has 3 nitrogen and oxygen atoms in total. The summed E-state index contributed by atoms with van der Waals surface area (Å²) in [5, 5.41) is 2.59. The molecule has 1 aliphatic rings. The van der Waals surface area contributed by atoms with Gasteiger partial charge in [-0.1, -0.05) is 69.0 Å². The Kier molecular flexibility index (Phi) is 5.46. The third kappa shape index (κ3) is 4.31. The van der Waals surface area contributed by atoms with Crippen LogP contribution in [0, 0.1) is 0 Å². The van der Waals surface area contributed by atoms with Crippen molar-refractivity contribution in [1.82, 2.24) is 5.32 Å². The van der Waals surface area contributed by atoms with E-state index in [1.54, 1.807) is 6.08 Å². The average molecular weight is 402 g/mol. The van der Waals surface area contributed by atoms with Crippen molar-refractivity contribution in [2.24, 2.45) is 0 Å². The van der Waals surface area contributed by atoms with Gasteiger partial charge in [0.05, 0.1) is 15.7 Å². The fourth-order valence-electron chi connectivity index (χ4n) is 2.51. The molecule has 6 heteroatoms. The van der Waals surface area contributed by atoms with Crippen LogP contribution in [-0.2, 0) is 21.0 Å². The van der Waals surface area contributed by atoms with Crippen LogP contribution in [0.5, 0.6) is 0 Å². The Hall–Kier alpha value is -1.76. The fourth-order valence-corrected chi connectivity index (χ4v) is 4.65. The Balaban J connectivity index is 1.86. The van der Waals surface area contributed by atoms with Crippen molar-refractivity contribution in [2.45, 2.75) is 36.0 Å². The second-order valence-electron chi connectivity index (χ2n) is 6.97. The standard InChI is InChI=1S/C20H19NO2S3/c1-20(2,3)14-7-9-15(10-8-14)26(23)16-6-4-5-13(11-16)12-17-18(22)21-19(24)25-17/h4-12H,1-3H3,(H,21,22,24)/b17-12-. The molecule has 0 aromatic heterocycles. The molecular formula is C20H19NO2S3. The van der Waals surface area contributed by atoms with E-state index in [4.69, 9.17) is 12.2 Å². The van der Waals surface area contributed by atoms with Gasteiger partial charge in [0.15, 0.2) is 0 Å². The molecule has 2 aromatic carbocycles. The van der Waals surface area contributed by atoms with Gasteiger partial charge in [-0.2, -0.15) is 0 Å². The summed E-state index contributed by atoms with van der Waals surface area (Å²) in [4.78, 5) is 13.8. The van der Waals surface area contributed by atoms with Crippen LogP contribution in [0.1, 0.15) is 31.9 Å². The van der Waals surface area contributed by atoms with E-state index in [0.29, 0.717) is 14.1 Å². The van der Waals surface area contributed by atoms with Crippen molar-refractivity contribution in [3.8, 4) is 0 Å². The molecule has 1 unspecified atom stereocenters. The highest BCUT2D eigenvalue weighted by atomic mass is 32.2. The fraction of sp³-hybridized carbons (Fsp3) is 0.200. The first-order chi connectivity index (χ1) is 12.2. The number of carbonyl (C=O) groups excluding carboxylic acids is 1. The summed E-state index contributed by atoms with van der Waals surface area (Å²) < 4.78 is 13.4. The van der Waals surface area contributed by atoms with Gasteiger partial charge in [0, 0.05) is 9.79 Å². The second kappa shape index (κ2) is 7.47. The maximum atomic E-state index is 12.9. The van der Waals surface area contributed by atoms with Gasteiger partial charge in [0.1, 0.15) is 4.32 Å². The molecule has 0 bridgehead atoms. The molecule has 0 spiro atoms. The van der Waals surface area contributed by atoms with Crippen molar-refractivity contribution in [3.05, 3.63) is 64.6 Å². The molecule has 0 aliphatic carbocycles. The highest BCUT2D eigenvalue weighted by molar-refractivity contribution is 8.26. The molecule has 1 fully saturated rings. The molecule has 1 heterocycles. The second-order valence-corrected chi connectivity index (χ2v) is 10.2. The molecule has 134 valence electrons. The van der Waals surface area contributed by atoms with Crippen LogP contribution >= 0.6 is 24.0 Å². The topological polar surface area (TPSA) is 46.2 Å². The highest BCUT2D eigenvalue weighted by Crippen LogP contribution is 2.28. The predicted octanol–water partition coefficient (Wildman–Crippen LogP) is 4.64. The number of carbonyl (C=O) groups is 1. The third-order valence-corrected chi connectivity index (χ3v) is 6.49. The summed E-state index contributed by atoms with van der Waals surface area (Å²) in [6, 6.07) is 15.3. The zero-order valence-corrected chi connectivity index (χ0v) is 17.2. The highest BCUT2D eigenvalue weighted by Gasteiger charge is 2.22. The Bertz CT molecular complexity index is 925. The zero-order chi connectivity index (χ0) is 18.9. The SMILES string of the molecule is CC(C)(C)c1ccc(S(=O)c2cccc(/C=C3\SC(=S)NC3=O)c2)cc1. The number of thiocarbonyl (C=S) groups is 1. The van der Waals surface area contributed by atoms with E-state index in [1.165, 1.54) is 17.3 Å². The normalized spacial score (nSPS) is 17.4. The first kappa shape index (κ1) is 19.0. The average Bonchev–Trinajstić information content (AvgIpc) is 2.91. The van der Waals surface area contributed by atoms with E-state index in [9.17, 15) is 9.00 Å². The van der Waals surface area contributed by atoms with Crippen molar-refractivity contribution >= 4 is 51.1 Å². The van der Waals surface area contributed by atoms with Gasteiger partial charge in [0.2, 0.25) is 0 Å². The van der Waals surface area contributed by atoms with Gasteiger partial charge in [-0.05, 0) is 46.9 Å². The van der Waals surface area contributed by atoms with E-state index in [-0.39, 0.29) is 11.3 Å². The molecule has 1 saturated heterocycles. The molecule has 0 saturated carbocycles. The van der Waals surface area contributed by atoms with Crippen LogP contribution in [0.2, 0.25) is 0 Å². The molecule has 1 N–H and O–H groups in total. The summed E-state index contributed by atoms with van der Waals surface area (Å²) in [5.74, 6) is -0.190. The van der Waals surface area contributed by atoms with E-state index < -0.39 is 10.8 Å². The van der Waals surface area contributed by atoms with Gasteiger partial charge in [-0.3, -0.25) is 4.79 Å². The summed E-state index contributed by atoms with van der Waals surface area (Å²) in [7, 11) is -1.27. The lowest BCUT2D eigenvalue weighted by Gasteiger charge is -2.19. The van der Waals surface area contributed by atoms with Gasteiger partial charge in [-0.25, -0.2) is 4.21 Å². The lowest BCUT2D eigenvalue weighted by atomic mass is 9.87. The summed E-state index contributed by atoms with van der Waals surface area (Å²) >= 11 is 6.24. The van der Waals surface area contributed by atoms with Crippen molar-refractivity contribution in [2.75, 3.05) is 0 Å². The number of nitrogens with one attached hydrogen (secondary N) is 1. The van der Waals surface area contributed by atoms with Gasteiger partial charge in [-0.15, -0.1) is 0 Å². The number of thioether (sulfide) groups is 1. The Morgan fingerprint density at radius 1 is 1.08 bits per heavy atom. The lowest BCUT2D eigenvalue weighted by molar-refractivity contribution is -0.115. The first-order valence-electron chi connectivity index (χ1n) is 8.11. The third-order valence-electron chi connectivity index (χ3n) is 3.95. The van der Waals surface area contributed by atoms with E-state index in [0.717, 1.165) is 10.5 Å². The van der Waals surface area contributed by atoms with Gasteiger partial charge >= 0.3 is 0 Å². The quantitative estimate of drug-likeness (QED) is 0.601. The number of amides is 1. The predicted molar refractivity (Wildman–Crippen MR) is 113 cm³/mol. The Morgan fingerprint density at radius 3 is 2.35 bits per heavy atom. The Labute approximate surface area is 165 Å². The molecule has 26 heavy (non-hydrogen) atoms. The van der Waals surface area contributed by atoms with Crippen molar-refractivity contribution in [3.63, 3.8) is 0 Å². The van der Waals surface area contributed by atoms with E-state index in [1.807, 2.05) is 48.5 Å². The van der Waals surface area contributed by atoms with Crippen LogP contribution in [-0.4, -0.2) is 14.4 Å². The lowest BCUT2D eigenvalue weighted by Crippen LogP contribution is -2.17. The molecule has 3 rings (SSSR count). The summed E-state index contributed by atoms with van der Waals surface area (Å²) in [6.45, 7) is 6.45. The molecule has 0 radical (unpaired) electrons. The number of benzene rings is 2. The van der Waals surface area contributed by atoms with E-state index >= 15 is 0 Å². The zero-order valence-electron chi connectivity index (χ0n) is 14.7. The first-order valence-corrected chi connectivity index (χ1v) is 10.5. The largest absolute Gasteiger partial charge is 0.307 e. The minimum absolute atomic E-state index is 0.0617. The monoisotopic (exact) mass is 401 g/mol. The molecule has 1 amide bonds. The minimum Gasteiger partial charge on any atom is -0.307 e.